The largest absolute Gasteiger partial charge is 0.465 e. The molecule has 0 fully saturated rings. The Morgan fingerprint density at radius 3 is 2.67 bits per heavy atom. The van der Waals surface area contributed by atoms with E-state index in [-0.39, 0.29) is 6.54 Å². The molecular weight excluding hydrogens is 122 g/mol. The molecule has 0 amide bonds. The van der Waals surface area contributed by atoms with Crippen LogP contribution in [0.1, 0.15) is 6.92 Å². The number of rotatable bonds is 3. The Balaban J connectivity index is 3.27. The monoisotopic (exact) mass is 133 g/mol. The summed E-state index contributed by atoms with van der Waals surface area (Å²) in [6.07, 6.45) is 0. The second kappa shape index (κ2) is 4.29. The number of carbonyl (C=O) groups is 1. The van der Waals surface area contributed by atoms with Crippen molar-refractivity contribution in [2.75, 3.05) is 20.2 Å². The third-order valence-electron chi connectivity index (χ3n) is 0.663. The van der Waals surface area contributed by atoms with E-state index in [0.29, 0.717) is 6.61 Å². The number of hydrogen-bond donors (Lipinski definition) is 1. The summed E-state index contributed by atoms with van der Waals surface area (Å²) in [5, 5.41) is 9.26. The first-order chi connectivity index (χ1) is 4.16. The fraction of sp³-hybridized carbons (Fsp3) is 0.800. The molecule has 0 aliphatic heterocycles. The average molecular weight is 133 g/mol. The molecule has 0 aromatic heterocycles. The lowest BCUT2D eigenvalue weighted by molar-refractivity contribution is -0.154. The molecule has 0 spiro atoms. The minimum Gasteiger partial charge on any atom is -0.465 e. The zero-order chi connectivity index (χ0) is 7.28. The van der Waals surface area contributed by atoms with Crippen molar-refractivity contribution in [3.05, 3.63) is 0 Å². The molecule has 54 valence electrons. The van der Waals surface area contributed by atoms with Crippen molar-refractivity contribution in [2.45, 2.75) is 6.92 Å². The van der Waals surface area contributed by atoms with Crippen LogP contribution in [-0.4, -0.2) is 36.4 Å². The van der Waals surface area contributed by atoms with Gasteiger partial charge in [0.2, 0.25) is 0 Å². The standard InChI is InChI=1S/C5H11NO3/c1-3-9-5(7)4-6(2)8/h8H,3-4H2,1-2H3. The summed E-state index contributed by atoms with van der Waals surface area (Å²) in [5.41, 5.74) is 0. The zero-order valence-electron chi connectivity index (χ0n) is 5.63. The van der Waals surface area contributed by atoms with Crippen molar-refractivity contribution >= 4 is 5.97 Å². The lowest BCUT2D eigenvalue weighted by atomic mass is 10.6. The van der Waals surface area contributed by atoms with Gasteiger partial charge in [0, 0.05) is 7.05 Å². The molecule has 0 rings (SSSR count). The first-order valence-electron chi connectivity index (χ1n) is 2.72. The van der Waals surface area contributed by atoms with E-state index in [1.54, 1.807) is 6.92 Å². The van der Waals surface area contributed by atoms with E-state index < -0.39 is 5.97 Å². The van der Waals surface area contributed by atoms with Crippen LogP contribution in [0.25, 0.3) is 0 Å². The molecule has 0 unspecified atom stereocenters. The SMILES string of the molecule is CCOC(=O)CN(C)O. The van der Waals surface area contributed by atoms with Gasteiger partial charge in [0.15, 0.2) is 0 Å². The number of hydrogen-bond acceptors (Lipinski definition) is 4. The van der Waals surface area contributed by atoms with Crippen LogP contribution in [0, 0.1) is 0 Å². The van der Waals surface area contributed by atoms with Gasteiger partial charge >= 0.3 is 5.97 Å². The van der Waals surface area contributed by atoms with Crippen molar-refractivity contribution in [2.24, 2.45) is 0 Å². The van der Waals surface area contributed by atoms with Crippen molar-refractivity contribution in [1.82, 2.24) is 5.06 Å². The zero-order valence-corrected chi connectivity index (χ0v) is 5.63. The number of likely N-dealkylation sites (N-methyl/N-ethyl adjacent to an activating group) is 1. The average Bonchev–Trinajstić information content (AvgIpc) is 1.63. The van der Waals surface area contributed by atoms with E-state index in [9.17, 15) is 4.79 Å². The van der Waals surface area contributed by atoms with Crippen LogP contribution < -0.4 is 0 Å². The van der Waals surface area contributed by atoms with E-state index in [0.717, 1.165) is 5.06 Å². The highest BCUT2D eigenvalue weighted by atomic mass is 16.5. The van der Waals surface area contributed by atoms with Crippen LogP contribution in [0.15, 0.2) is 0 Å². The minimum atomic E-state index is -0.414. The van der Waals surface area contributed by atoms with E-state index in [2.05, 4.69) is 4.74 Å². The predicted molar refractivity (Wildman–Crippen MR) is 31.0 cm³/mol. The highest BCUT2D eigenvalue weighted by molar-refractivity contribution is 5.71. The molecule has 1 N–H and O–H groups in total. The molecule has 4 heteroatoms. The fourth-order valence-electron chi connectivity index (χ4n) is 0.393. The molecule has 0 saturated carbocycles. The van der Waals surface area contributed by atoms with Crippen molar-refractivity contribution in [1.29, 1.82) is 0 Å². The molecule has 0 atom stereocenters. The molecule has 0 radical (unpaired) electrons. The van der Waals surface area contributed by atoms with E-state index in [1.807, 2.05) is 0 Å². The maximum absolute atomic E-state index is 10.4. The summed E-state index contributed by atoms with van der Waals surface area (Å²) in [6, 6.07) is 0. The van der Waals surface area contributed by atoms with Crippen LogP contribution in [-0.2, 0) is 9.53 Å². The van der Waals surface area contributed by atoms with Crippen LogP contribution in [0.3, 0.4) is 0 Å². The predicted octanol–water partition coefficient (Wildman–Crippen LogP) is -0.130. The molecule has 9 heavy (non-hydrogen) atoms. The highest BCUT2D eigenvalue weighted by Gasteiger charge is 2.02. The van der Waals surface area contributed by atoms with Gasteiger partial charge < -0.3 is 9.94 Å². The Morgan fingerprint density at radius 1 is 1.78 bits per heavy atom. The van der Waals surface area contributed by atoms with Crippen LogP contribution in [0.2, 0.25) is 0 Å². The lowest BCUT2D eigenvalue weighted by Gasteiger charge is -2.05. The summed E-state index contributed by atoms with van der Waals surface area (Å²) in [6.45, 7) is 2.00. The molecular formula is C5H11NO3. The highest BCUT2D eigenvalue weighted by Crippen LogP contribution is 1.79. The molecule has 0 saturated heterocycles. The Kier molecular flexibility index (Phi) is 4.00. The van der Waals surface area contributed by atoms with Gasteiger partial charge in [-0.1, -0.05) is 0 Å². The normalized spacial score (nSPS) is 9.78. The summed E-state index contributed by atoms with van der Waals surface area (Å²) in [4.78, 5) is 10.4. The van der Waals surface area contributed by atoms with E-state index in [1.165, 1.54) is 7.05 Å². The fourth-order valence-corrected chi connectivity index (χ4v) is 0.393. The second-order valence-corrected chi connectivity index (χ2v) is 1.62. The van der Waals surface area contributed by atoms with Crippen molar-refractivity contribution in [3.8, 4) is 0 Å². The lowest BCUT2D eigenvalue weighted by Crippen LogP contribution is -2.23. The third kappa shape index (κ3) is 5.26. The molecule has 0 aliphatic rings. The van der Waals surface area contributed by atoms with Gasteiger partial charge in [-0.25, -0.2) is 0 Å². The first kappa shape index (κ1) is 8.39. The first-order valence-corrected chi connectivity index (χ1v) is 2.72. The third-order valence-corrected chi connectivity index (χ3v) is 0.663. The van der Waals surface area contributed by atoms with Gasteiger partial charge in [0.1, 0.15) is 6.54 Å². The van der Waals surface area contributed by atoms with E-state index >= 15 is 0 Å². The van der Waals surface area contributed by atoms with Crippen molar-refractivity contribution < 1.29 is 14.7 Å². The molecule has 0 aliphatic carbocycles. The van der Waals surface area contributed by atoms with Gasteiger partial charge in [-0.3, -0.25) is 4.79 Å². The van der Waals surface area contributed by atoms with Gasteiger partial charge in [-0.2, -0.15) is 5.06 Å². The summed E-state index contributed by atoms with van der Waals surface area (Å²) in [7, 11) is 1.39. The summed E-state index contributed by atoms with van der Waals surface area (Å²) < 4.78 is 4.51. The molecule has 0 aromatic rings. The summed E-state index contributed by atoms with van der Waals surface area (Å²) in [5.74, 6) is -0.414. The maximum Gasteiger partial charge on any atom is 0.322 e. The topological polar surface area (TPSA) is 49.8 Å². The van der Waals surface area contributed by atoms with Gasteiger partial charge in [0.05, 0.1) is 6.61 Å². The Hall–Kier alpha value is -0.610. The maximum atomic E-state index is 10.4. The molecule has 0 aromatic carbocycles. The van der Waals surface area contributed by atoms with Crippen LogP contribution in [0.4, 0.5) is 0 Å². The summed E-state index contributed by atoms with van der Waals surface area (Å²) >= 11 is 0. The van der Waals surface area contributed by atoms with Crippen LogP contribution >= 0.6 is 0 Å². The number of ether oxygens (including phenoxy) is 1. The van der Waals surface area contributed by atoms with Crippen molar-refractivity contribution in [3.63, 3.8) is 0 Å². The van der Waals surface area contributed by atoms with E-state index in [4.69, 9.17) is 5.21 Å². The number of nitrogens with zero attached hydrogens (tertiary/aromatic N) is 1. The van der Waals surface area contributed by atoms with Gasteiger partial charge in [-0.15, -0.1) is 0 Å². The number of esters is 1. The number of hydroxylamine groups is 2. The Bertz CT molecular complexity index is 92.2. The molecule has 0 heterocycles. The second-order valence-electron chi connectivity index (χ2n) is 1.62. The van der Waals surface area contributed by atoms with Crippen LogP contribution in [0.5, 0.6) is 0 Å². The number of carbonyl (C=O) groups excluding carboxylic acids is 1. The molecule has 0 bridgehead atoms. The molecule has 4 nitrogen and oxygen atoms in total. The Morgan fingerprint density at radius 2 is 2.33 bits per heavy atom. The quantitative estimate of drug-likeness (QED) is 0.430. The Labute approximate surface area is 54.0 Å². The smallest absolute Gasteiger partial charge is 0.322 e. The van der Waals surface area contributed by atoms with Gasteiger partial charge in [-0.05, 0) is 6.92 Å². The van der Waals surface area contributed by atoms with Gasteiger partial charge in [0.25, 0.3) is 0 Å². The minimum absolute atomic E-state index is 0.0756.